The maximum absolute atomic E-state index is 11.8. The van der Waals surface area contributed by atoms with Gasteiger partial charge in [0.05, 0.1) is 13.2 Å². The molecule has 138 valence electrons. The molecule has 0 aliphatic heterocycles. The molecule has 2 saturated carbocycles. The van der Waals surface area contributed by atoms with Crippen LogP contribution in [0.4, 0.5) is 4.79 Å². The van der Waals surface area contributed by atoms with Gasteiger partial charge in [-0.3, -0.25) is 0 Å². The predicted octanol–water partition coefficient (Wildman–Crippen LogP) is 4.67. The van der Waals surface area contributed by atoms with Crippen LogP contribution in [0.1, 0.15) is 46.5 Å². The third-order valence-corrected chi connectivity index (χ3v) is 5.62. The van der Waals surface area contributed by atoms with Crippen LogP contribution < -0.4 is 14.8 Å². The lowest BCUT2D eigenvalue weighted by atomic mass is 9.53. The SMILES string of the molecule is COc1cccc(O[C@H]2CC3(C[C@H](NC(=O)OC(C)(C)C)C3)C2)c1Br. The molecule has 3 rings (SSSR count). The largest absolute Gasteiger partial charge is 0.495 e. The van der Waals surface area contributed by atoms with Gasteiger partial charge in [0, 0.05) is 6.04 Å². The second kappa shape index (κ2) is 6.71. The van der Waals surface area contributed by atoms with Crippen molar-refractivity contribution in [2.45, 2.75) is 64.2 Å². The molecule has 5 nitrogen and oxygen atoms in total. The predicted molar refractivity (Wildman–Crippen MR) is 99.2 cm³/mol. The summed E-state index contributed by atoms with van der Waals surface area (Å²) < 4.78 is 17.6. The molecule has 6 heteroatoms. The van der Waals surface area contributed by atoms with Crippen LogP contribution in [0.25, 0.3) is 0 Å². The highest BCUT2D eigenvalue weighted by molar-refractivity contribution is 9.10. The summed E-state index contributed by atoms with van der Waals surface area (Å²) in [5.41, 5.74) is -0.124. The highest BCUT2D eigenvalue weighted by Gasteiger charge is 2.54. The molecule has 0 atom stereocenters. The van der Waals surface area contributed by atoms with E-state index < -0.39 is 5.60 Å². The van der Waals surface area contributed by atoms with Crippen LogP contribution in [-0.4, -0.2) is 30.9 Å². The van der Waals surface area contributed by atoms with Crippen LogP contribution in [0, 0.1) is 5.41 Å². The van der Waals surface area contributed by atoms with Crippen LogP contribution in [-0.2, 0) is 4.74 Å². The second-order valence-electron chi connectivity index (χ2n) is 8.17. The van der Waals surface area contributed by atoms with E-state index in [0.29, 0.717) is 5.41 Å². The summed E-state index contributed by atoms with van der Waals surface area (Å²) in [5.74, 6) is 1.60. The Balaban J connectivity index is 1.43. The van der Waals surface area contributed by atoms with E-state index in [1.165, 1.54) is 0 Å². The van der Waals surface area contributed by atoms with Crippen molar-refractivity contribution in [2.24, 2.45) is 5.41 Å². The molecule has 2 fully saturated rings. The van der Waals surface area contributed by atoms with Crippen LogP contribution >= 0.6 is 15.9 Å². The first kappa shape index (κ1) is 18.4. The molecule has 1 N–H and O–H groups in total. The zero-order chi connectivity index (χ0) is 18.2. The minimum atomic E-state index is -0.453. The normalized spacial score (nSPS) is 27.9. The lowest BCUT2D eigenvalue weighted by Gasteiger charge is -2.57. The maximum Gasteiger partial charge on any atom is 0.407 e. The summed E-state index contributed by atoms with van der Waals surface area (Å²) in [6.07, 6.45) is 3.98. The van der Waals surface area contributed by atoms with Crippen LogP contribution in [0.2, 0.25) is 0 Å². The fourth-order valence-corrected chi connectivity index (χ4v) is 4.32. The van der Waals surface area contributed by atoms with E-state index in [1.54, 1.807) is 7.11 Å². The Bertz CT molecular complexity index is 641. The number of nitrogens with one attached hydrogen (secondary N) is 1. The Morgan fingerprint density at radius 3 is 2.44 bits per heavy atom. The smallest absolute Gasteiger partial charge is 0.407 e. The van der Waals surface area contributed by atoms with Gasteiger partial charge in [-0.05, 0) is 79.9 Å². The Kier molecular flexibility index (Phi) is 4.93. The van der Waals surface area contributed by atoms with Gasteiger partial charge < -0.3 is 19.5 Å². The van der Waals surface area contributed by atoms with E-state index in [0.717, 1.165) is 41.7 Å². The minimum Gasteiger partial charge on any atom is -0.495 e. The van der Waals surface area contributed by atoms with Crippen molar-refractivity contribution in [2.75, 3.05) is 7.11 Å². The number of hydrogen-bond acceptors (Lipinski definition) is 4. The van der Waals surface area contributed by atoms with Gasteiger partial charge in [0.15, 0.2) is 0 Å². The molecule has 0 unspecified atom stereocenters. The lowest BCUT2D eigenvalue weighted by molar-refractivity contribution is -0.0856. The number of ether oxygens (including phenoxy) is 3. The number of benzene rings is 1. The molecule has 2 aliphatic rings. The Morgan fingerprint density at radius 2 is 1.84 bits per heavy atom. The molecule has 1 aromatic carbocycles. The quantitative estimate of drug-likeness (QED) is 0.781. The molecule has 1 aromatic rings. The molecule has 25 heavy (non-hydrogen) atoms. The number of hydrogen-bond donors (Lipinski definition) is 1. The second-order valence-corrected chi connectivity index (χ2v) is 8.96. The molecule has 0 aromatic heterocycles. The molecule has 0 saturated heterocycles. The molecule has 1 spiro atoms. The number of rotatable bonds is 4. The summed E-state index contributed by atoms with van der Waals surface area (Å²) in [7, 11) is 1.65. The summed E-state index contributed by atoms with van der Waals surface area (Å²) in [6, 6.07) is 6.00. The molecule has 0 heterocycles. The summed E-state index contributed by atoms with van der Waals surface area (Å²) >= 11 is 3.53. The van der Waals surface area contributed by atoms with E-state index in [1.807, 2.05) is 39.0 Å². The van der Waals surface area contributed by atoms with Crippen molar-refractivity contribution in [1.82, 2.24) is 5.32 Å². The molecule has 0 radical (unpaired) electrons. The summed E-state index contributed by atoms with van der Waals surface area (Å²) in [6.45, 7) is 5.62. The third-order valence-electron chi connectivity index (χ3n) is 4.84. The number of carbonyl (C=O) groups excluding carboxylic acids is 1. The van der Waals surface area contributed by atoms with Crippen LogP contribution in [0.15, 0.2) is 22.7 Å². The standard InChI is InChI=1S/C19H26BrNO4/c1-18(2,3)25-17(22)21-12-8-19(9-12)10-13(11-19)24-15-7-5-6-14(23-4)16(15)20/h5-7,12-13H,8-11H2,1-4H3,(H,21,22)/t12-,13-,19?. The van der Waals surface area contributed by atoms with Crippen molar-refractivity contribution in [3.63, 3.8) is 0 Å². The highest BCUT2D eigenvalue weighted by Crippen LogP contribution is 2.57. The fourth-order valence-electron chi connectivity index (χ4n) is 3.80. The highest BCUT2D eigenvalue weighted by atomic mass is 79.9. The van der Waals surface area contributed by atoms with Crippen molar-refractivity contribution < 1.29 is 19.0 Å². The minimum absolute atomic E-state index is 0.222. The van der Waals surface area contributed by atoms with Crippen molar-refractivity contribution in [3.8, 4) is 11.5 Å². The van der Waals surface area contributed by atoms with E-state index >= 15 is 0 Å². The van der Waals surface area contributed by atoms with Crippen molar-refractivity contribution >= 4 is 22.0 Å². The number of methoxy groups -OCH3 is 1. The number of carbonyl (C=O) groups is 1. The van der Waals surface area contributed by atoms with Gasteiger partial charge in [-0.1, -0.05) is 6.07 Å². The van der Waals surface area contributed by atoms with Gasteiger partial charge in [-0.2, -0.15) is 0 Å². The molecule has 0 bridgehead atoms. The van der Waals surface area contributed by atoms with Crippen molar-refractivity contribution in [3.05, 3.63) is 22.7 Å². The topological polar surface area (TPSA) is 56.8 Å². The monoisotopic (exact) mass is 411 g/mol. The average Bonchev–Trinajstić information content (AvgIpc) is 2.42. The summed E-state index contributed by atoms with van der Waals surface area (Å²) in [4.78, 5) is 11.8. The van der Waals surface area contributed by atoms with Gasteiger partial charge in [0.2, 0.25) is 0 Å². The van der Waals surface area contributed by atoms with Gasteiger partial charge in [0.1, 0.15) is 21.6 Å². The summed E-state index contributed by atoms with van der Waals surface area (Å²) in [5, 5.41) is 2.96. The van der Waals surface area contributed by atoms with E-state index in [4.69, 9.17) is 14.2 Å². The maximum atomic E-state index is 11.8. The lowest BCUT2D eigenvalue weighted by Crippen LogP contribution is -2.59. The fraction of sp³-hybridized carbons (Fsp3) is 0.632. The first-order chi connectivity index (χ1) is 11.7. The van der Waals surface area contributed by atoms with Gasteiger partial charge in [-0.15, -0.1) is 0 Å². The Labute approximate surface area is 157 Å². The first-order valence-corrected chi connectivity index (χ1v) is 9.48. The average molecular weight is 412 g/mol. The Hall–Kier alpha value is -1.43. The van der Waals surface area contributed by atoms with Crippen LogP contribution in [0.3, 0.4) is 0 Å². The number of amides is 1. The first-order valence-electron chi connectivity index (χ1n) is 8.68. The van der Waals surface area contributed by atoms with E-state index in [-0.39, 0.29) is 18.2 Å². The van der Waals surface area contributed by atoms with E-state index in [9.17, 15) is 4.79 Å². The number of alkyl carbamates (subject to hydrolysis) is 1. The van der Waals surface area contributed by atoms with E-state index in [2.05, 4.69) is 21.2 Å². The third kappa shape index (κ3) is 4.22. The molecule has 2 aliphatic carbocycles. The van der Waals surface area contributed by atoms with Gasteiger partial charge >= 0.3 is 6.09 Å². The zero-order valence-corrected chi connectivity index (χ0v) is 16.8. The number of halogens is 1. The Morgan fingerprint density at radius 1 is 1.20 bits per heavy atom. The van der Waals surface area contributed by atoms with Gasteiger partial charge in [0.25, 0.3) is 0 Å². The van der Waals surface area contributed by atoms with Gasteiger partial charge in [-0.25, -0.2) is 4.79 Å². The van der Waals surface area contributed by atoms with Crippen LogP contribution in [0.5, 0.6) is 11.5 Å². The zero-order valence-electron chi connectivity index (χ0n) is 15.2. The molecular weight excluding hydrogens is 386 g/mol. The van der Waals surface area contributed by atoms with Crippen molar-refractivity contribution in [1.29, 1.82) is 0 Å². The molecule has 1 amide bonds. The molecular formula is C19H26BrNO4.